The van der Waals surface area contributed by atoms with E-state index in [9.17, 15) is 4.79 Å². The molecule has 108 valence electrons. The van der Waals surface area contributed by atoms with Crippen molar-refractivity contribution in [1.82, 2.24) is 0 Å². The van der Waals surface area contributed by atoms with E-state index in [0.29, 0.717) is 0 Å². The summed E-state index contributed by atoms with van der Waals surface area (Å²) in [6, 6.07) is 14.2. The first-order valence-electron chi connectivity index (χ1n) is 7.37. The summed E-state index contributed by atoms with van der Waals surface area (Å²) >= 11 is 0. The minimum absolute atomic E-state index is 0.134. The fourth-order valence-corrected chi connectivity index (χ4v) is 3.38. The van der Waals surface area contributed by atoms with Crippen molar-refractivity contribution in [2.24, 2.45) is 0 Å². The molecular weight excluding hydrogens is 272 g/mol. The van der Waals surface area contributed by atoms with Gasteiger partial charge in [-0.25, -0.2) is 0 Å². The van der Waals surface area contributed by atoms with Gasteiger partial charge in [0.25, 0.3) is 0 Å². The lowest BCUT2D eigenvalue weighted by molar-refractivity contribution is 0.104. The van der Waals surface area contributed by atoms with Crippen molar-refractivity contribution >= 4 is 16.6 Å². The van der Waals surface area contributed by atoms with Gasteiger partial charge in [0.2, 0.25) is 0 Å². The van der Waals surface area contributed by atoms with Crippen LogP contribution in [0.3, 0.4) is 0 Å². The number of rotatable bonds is 1. The van der Waals surface area contributed by atoms with Gasteiger partial charge in [-0.1, -0.05) is 23.8 Å². The molecule has 3 aromatic rings. The summed E-state index contributed by atoms with van der Waals surface area (Å²) in [6.45, 7) is 4.06. The van der Waals surface area contributed by atoms with Crippen molar-refractivity contribution in [1.29, 1.82) is 0 Å². The van der Waals surface area contributed by atoms with Gasteiger partial charge in [-0.2, -0.15) is 0 Å². The first-order chi connectivity index (χ1) is 10.6. The summed E-state index contributed by atoms with van der Waals surface area (Å²) < 4.78 is 5.34. The number of carbonyl (C=O) groups is 1. The van der Waals surface area contributed by atoms with Crippen LogP contribution in [-0.2, 0) is 0 Å². The summed E-state index contributed by atoms with van der Waals surface area (Å²) in [5, 5.41) is 2.26. The van der Waals surface area contributed by atoms with Crippen LogP contribution in [0.5, 0.6) is 5.75 Å². The topological polar surface area (TPSA) is 26.3 Å². The maximum Gasteiger partial charge on any atom is 0.194 e. The fourth-order valence-electron chi connectivity index (χ4n) is 3.38. The predicted octanol–water partition coefficient (Wildman–Crippen LogP) is 4.68. The number of benzene rings is 3. The average Bonchev–Trinajstić information content (AvgIpc) is 2.80. The van der Waals surface area contributed by atoms with Gasteiger partial charge in [0, 0.05) is 16.7 Å². The summed E-state index contributed by atoms with van der Waals surface area (Å²) in [4.78, 5) is 12.7. The van der Waals surface area contributed by atoms with Gasteiger partial charge in [0.1, 0.15) is 5.75 Å². The van der Waals surface area contributed by atoms with E-state index in [-0.39, 0.29) is 5.78 Å². The van der Waals surface area contributed by atoms with E-state index in [1.165, 1.54) is 0 Å². The molecule has 0 amide bonds. The number of hydrogen-bond donors (Lipinski definition) is 0. The number of methoxy groups -OCH3 is 1. The Labute approximate surface area is 129 Å². The molecule has 0 spiro atoms. The van der Waals surface area contributed by atoms with Crippen molar-refractivity contribution in [3.8, 4) is 16.9 Å². The Bertz CT molecular complexity index is 952. The van der Waals surface area contributed by atoms with Crippen LogP contribution in [0, 0.1) is 13.8 Å². The molecule has 22 heavy (non-hydrogen) atoms. The van der Waals surface area contributed by atoms with E-state index < -0.39 is 0 Å². The number of fused-ring (bicyclic) bond motifs is 5. The monoisotopic (exact) mass is 288 g/mol. The van der Waals surface area contributed by atoms with Crippen LogP contribution in [0.2, 0.25) is 0 Å². The summed E-state index contributed by atoms with van der Waals surface area (Å²) in [6.07, 6.45) is 0. The maximum absolute atomic E-state index is 12.7. The van der Waals surface area contributed by atoms with E-state index in [1.54, 1.807) is 7.11 Å². The molecule has 1 aliphatic rings. The summed E-state index contributed by atoms with van der Waals surface area (Å²) in [7, 11) is 1.67. The fraction of sp³-hybridized carbons (Fsp3) is 0.150. The first kappa shape index (κ1) is 13.1. The molecule has 0 aliphatic heterocycles. The standard InChI is InChI=1S/C20H16O2/c1-11-4-6-15-17(8-11)20(21)18-9-12(2)16-10-13(22-3)5-7-14(16)19(15)18/h4-10H,1-3H3. The Morgan fingerprint density at radius 2 is 1.64 bits per heavy atom. The maximum atomic E-state index is 12.7. The molecule has 0 fully saturated rings. The Morgan fingerprint density at radius 3 is 2.41 bits per heavy atom. The Hall–Kier alpha value is -2.61. The van der Waals surface area contributed by atoms with Crippen molar-refractivity contribution in [3.63, 3.8) is 0 Å². The quantitative estimate of drug-likeness (QED) is 0.508. The normalized spacial score (nSPS) is 12.4. The van der Waals surface area contributed by atoms with Gasteiger partial charge in [-0.05, 0) is 60.0 Å². The zero-order valence-corrected chi connectivity index (χ0v) is 12.9. The molecule has 0 bridgehead atoms. The highest BCUT2D eigenvalue weighted by Crippen LogP contribution is 2.43. The second-order valence-corrected chi connectivity index (χ2v) is 5.91. The number of carbonyl (C=O) groups excluding carboxylic acids is 1. The Balaban J connectivity index is 2.13. The summed E-state index contributed by atoms with van der Waals surface area (Å²) in [5.74, 6) is 0.971. The molecule has 0 saturated carbocycles. The van der Waals surface area contributed by atoms with Gasteiger partial charge < -0.3 is 4.74 Å². The van der Waals surface area contributed by atoms with E-state index in [2.05, 4.69) is 18.2 Å². The van der Waals surface area contributed by atoms with Gasteiger partial charge in [0.05, 0.1) is 7.11 Å². The molecule has 0 aromatic heterocycles. The lowest BCUT2D eigenvalue weighted by Crippen LogP contribution is -1.96. The minimum atomic E-state index is 0.134. The van der Waals surface area contributed by atoms with Crippen molar-refractivity contribution < 1.29 is 9.53 Å². The Kier molecular flexibility index (Phi) is 2.64. The zero-order chi connectivity index (χ0) is 15.4. The molecular formula is C20H16O2. The van der Waals surface area contributed by atoms with E-state index in [4.69, 9.17) is 4.74 Å². The summed E-state index contributed by atoms with van der Waals surface area (Å²) in [5.41, 5.74) is 5.95. The van der Waals surface area contributed by atoms with Crippen molar-refractivity contribution in [2.45, 2.75) is 13.8 Å². The van der Waals surface area contributed by atoms with E-state index in [0.717, 1.165) is 49.9 Å². The van der Waals surface area contributed by atoms with Crippen LogP contribution in [-0.4, -0.2) is 12.9 Å². The minimum Gasteiger partial charge on any atom is -0.497 e. The average molecular weight is 288 g/mol. The lowest BCUT2D eigenvalue weighted by atomic mass is 9.94. The number of hydrogen-bond acceptors (Lipinski definition) is 2. The molecule has 4 rings (SSSR count). The molecule has 0 unspecified atom stereocenters. The number of aryl methyl sites for hydroxylation is 2. The third-order valence-corrected chi connectivity index (χ3v) is 4.48. The molecule has 3 aromatic carbocycles. The largest absolute Gasteiger partial charge is 0.497 e. The number of ether oxygens (including phenoxy) is 1. The molecule has 0 saturated heterocycles. The molecule has 0 atom stereocenters. The highest BCUT2D eigenvalue weighted by molar-refractivity contribution is 6.26. The molecule has 2 nitrogen and oxygen atoms in total. The molecule has 2 heteroatoms. The predicted molar refractivity (Wildman–Crippen MR) is 88.8 cm³/mol. The lowest BCUT2D eigenvalue weighted by Gasteiger charge is -2.10. The second kappa shape index (κ2) is 4.44. The van der Waals surface area contributed by atoms with Crippen LogP contribution in [0.1, 0.15) is 27.0 Å². The zero-order valence-electron chi connectivity index (χ0n) is 12.9. The van der Waals surface area contributed by atoms with E-state index in [1.807, 2.05) is 38.1 Å². The molecule has 1 aliphatic carbocycles. The van der Waals surface area contributed by atoms with Gasteiger partial charge in [0.15, 0.2) is 5.78 Å². The highest BCUT2D eigenvalue weighted by atomic mass is 16.5. The number of ketones is 1. The van der Waals surface area contributed by atoms with Crippen LogP contribution >= 0.6 is 0 Å². The SMILES string of the molecule is COc1ccc2c3c(cc(C)c2c1)C(=O)c1cc(C)ccc1-3. The smallest absolute Gasteiger partial charge is 0.194 e. The highest BCUT2D eigenvalue weighted by Gasteiger charge is 2.29. The van der Waals surface area contributed by atoms with Gasteiger partial charge in [-0.3, -0.25) is 4.79 Å². The van der Waals surface area contributed by atoms with Crippen LogP contribution in [0.25, 0.3) is 21.9 Å². The molecule has 0 N–H and O–H groups in total. The van der Waals surface area contributed by atoms with Crippen LogP contribution in [0.15, 0.2) is 42.5 Å². The second-order valence-electron chi connectivity index (χ2n) is 5.91. The van der Waals surface area contributed by atoms with E-state index >= 15 is 0 Å². The van der Waals surface area contributed by atoms with Gasteiger partial charge >= 0.3 is 0 Å². The first-order valence-corrected chi connectivity index (χ1v) is 7.37. The van der Waals surface area contributed by atoms with Gasteiger partial charge in [-0.15, -0.1) is 0 Å². The van der Waals surface area contributed by atoms with Crippen LogP contribution in [0.4, 0.5) is 0 Å². The van der Waals surface area contributed by atoms with Crippen LogP contribution < -0.4 is 4.74 Å². The van der Waals surface area contributed by atoms with Crippen molar-refractivity contribution in [3.05, 3.63) is 64.7 Å². The third kappa shape index (κ3) is 1.64. The molecule has 0 heterocycles. The van der Waals surface area contributed by atoms with Crippen molar-refractivity contribution in [2.75, 3.05) is 7.11 Å². The molecule has 0 radical (unpaired) electrons. The Morgan fingerprint density at radius 1 is 0.818 bits per heavy atom. The third-order valence-electron chi connectivity index (χ3n) is 4.48.